The van der Waals surface area contributed by atoms with Crippen LogP contribution in [0.4, 0.5) is 0 Å². The van der Waals surface area contributed by atoms with E-state index >= 15 is 0 Å². The van der Waals surface area contributed by atoms with Crippen LogP contribution in [0.2, 0.25) is 5.02 Å². The van der Waals surface area contributed by atoms with Crippen molar-refractivity contribution < 1.29 is 14.3 Å². The van der Waals surface area contributed by atoms with E-state index in [2.05, 4.69) is 15.1 Å². The standard InChI is InChI=1S/C21H18ClN3O3/c1-13-8-16(11-23-24-21(26)15-4-3-5-17(22)9-15)14(2)25(13)18-6-7-19-20(10-18)28-12-27-19/h3-11H,12H2,1-2H3,(H,24,26)/b23-11-. The smallest absolute Gasteiger partial charge is 0.271 e. The molecule has 1 amide bonds. The fraction of sp³-hybridized carbons (Fsp3) is 0.143. The molecule has 0 fully saturated rings. The Morgan fingerprint density at radius 3 is 2.79 bits per heavy atom. The SMILES string of the molecule is Cc1cc(/C=N\NC(=O)c2cccc(Cl)c2)c(C)n1-c1ccc2c(c1)OCO2. The average Bonchev–Trinajstić information content (AvgIpc) is 3.25. The third-order valence-corrected chi connectivity index (χ3v) is 4.78. The number of amides is 1. The quantitative estimate of drug-likeness (QED) is 0.530. The van der Waals surface area contributed by atoms with E-state index in [9.17, 15) is 4.79 Å². The summed E-state index contributed by atoms with van der Waals surface area (Å²) < 4.78 is 12.9. The number of nitrogens with one attached hydrogen (secondary N) is 1. The van der Waals surface area contributed by atoms with Crippen LogP contribution in [0.25, 0.3) is 5.69 Å². The van der Waals surface area contributed by atoms with Crippen molar-refractivity contribution in [2.75, 3.05) is 6.79 Å². The lowest BCUT2D eigenvalue weighted by Gasteiger charge is -2.10. The van der Waals surface area contributed by atoms with Crippen molar-refractivity contribution in [1.82, 2.24) is 9.99 Å². The Labute approximate surface area is 167 Å². The molecule has 3 aromatic rings. The highest BCUT2D eigenvalue weighted by atomic mass is 35.5. The summed E-state index contributed by atoms with van der Waals surface area (Å²) in [6.45, 7) is 4.25. The van der Waals surface area contributed by atoms with Crippen LogP contribution in [0, 0.1) is 13.8 Å². The van der Waals surface area contributed by atoms with Gasteiger partial charge in [-0.1, -0.05) is 17.7 Å². The Balaban J connectivity index is 1.54. The van der Waals surface area contributed by atoms with Gasteiger partial charge in [0.2, 0.25) is 6.79 Å². The molecule has 0 saturated carbocycles. The molecule has 7 heteroatoms. The van der Waals surface area contributed by atoms with Gasteiger partial charge in [0.1, 0.15) is 0 Å². The fourth-order valence-corrected chi connectivity index (χ4v) is 3.38. The predicted molar refractivity (Wildman–Crippen MR) is 108 cm³/mol. The van der Waals surface area contributed by atoms with Crippen molar-refractivity contribution >= 4 is 23.7 Å². The number of ether oxygens (including phenoxy) is 2. The molecular formula is C21H18ClN3O3. The van der Waals surface area contributed by atoms with Gasteiger partial charge in [-0.25, -0.2) is 5.43 Å². The molecule has 0 bridgehead atoms. The summed E-state index contributed by atoms with van der Waals surface area (Å²) in [5, 5.41) is 4.59. The van der Waals surface area contributed by atoms with Crippen molar-refractivity contribution in [3.63, 3.8) is 0 Å². The highest BCUT2D eigenvalue weighted by molar-refractivity contribution is 6.30. The van der Waals surface area contributed by atoms with Crippen LogP contribution in [0.3, 0.4) is 0 Å². The van der Waals surface area contributed by atoms with Gasteiger partial charge in [-0.3, -0.25) is 4.79 Å². The minimum atomic E-state index is -0.316. The first-order valence-electron chi connectivity index (χ1n) is 8.71. The molecule has 1 aliphatic rings. The molecule has 0 saturated heterocycles. The topological polar surface area (TPSA) is 64.9 Å². The van der Waals surface area contributed by atoms with E-state index in [0.717, 1.165) is 34.1 Å². The largest absolute Gasteiger partial charge is 0.454 e. The Morgan fingerprint density at radius 1 is 1.14 bits per heavy atom. The summed E-state index contributed by atoms with van der Waals surface area (Å²) >= 11 is 5.92. The summed E-state index contributed by atoms with van der Waals surface area (Å²) in [6, 6.07) is 14.6. The fourth-order valence-electron chi connectivity index (χ4n) is 3.19. The van der Waals surface area contributed by atoms with Gasteiger partial charge in [-0.05, 0) is 50.2 Å². The summed E-state index contributed by atoms with van der Waals surface area (Å²) in [6.07, 6.45) is 1.63. The third kappa shape index (κ3) is 3.46. The van der Waals surface area contributed by atoms with Crippen LogP contribution >= 0.6 is 11.6 Å². The Morgan fingerprint density at radius 2 is 1.96 bits per heavy atom. The van der Waals surface area contributed by atoms with Crippen LogP contribution in [-0.2, 0) is 0 Å². The van der Waals surface area contributed by atoms with Crippen LogP contribution in [-0.4, -0.2) is 23.5 Å². The summed E-state index contributed by atoms with van der Waals surface area (Å²) in [4.78, 5) is 12.2. The third-order valence-electron chi connectivity index (χ3n) is 4.54. The number of aromatic nitrogens is 1. The molecule has 2 aromatic carbocycles. The molecule has 0 atom stereocenters. The molecule has 28 heavy (non-hydrogen) atoms. The first kappa shape index (κ1) is 18.1. The average molecular weight is 396 g/mol. The lowest BCUT2D eigenvalue weighted by Crippen LogP contribution is -2.17. The second-order valence-electron chi connectivity index (χ2n) is 6.41. The van der Waals surface area contributed by atoms with Crippen molar-refractivity contribution in [2.24, 2.45) is 5.10 Å². The summed E-state index contributed by atoms with van der Waals surface area (Å²) in [5.74, 6) is 1.16. The minimum absolute atomic E-state index is 0.243. The lowest BCUT2D eigenvalue weighted by molar-refractivity contribution is 0.0955. The van der Waals surface area contributed by atoms with Crippen LogP contribution in [0.5, 0.6) is 11.5 Å². The second kappa shape index (κ2) is 7.40. The van der Waals surface area contributed by atoms with Crippen molar-refractivity contribution in [3.8, 4) is 17.2 Å². The minimum Gasteiger partial charge on any atom is -0.454 e. The van der Waals surface area contributed by atoms with E-state index < -0.39 is 0 Å². The Kier molecular flexibility index (Phi) is 4.79. The van der Waals surface area contributed by atoms with Gasteiger partial charge >= 0.3 is 0 Å². The maximum absolute atomic E-state index is 12.2. The molecule has 0 spiro atoms. The molecule has 2 heterocycles. The van der Waals surface area contributed by atoms with Gasteiger partial charge < -0.3 is 14.0 Å². The zero-order chi connectivity index (χ0) is 19.7. The number of rotatable bonds is 4. The van der Waals surface area contributed by atoms with Crippen LogP contribution in [0.1, 0.15) is 27.3 Å². The molecule has 1 aromatic heterocycles. The van der Waals surface area contributed by atoms with Gasteiger partial charge in [-0.2, -0.15) is 5.10 Å². The van der Waals surface area contributed by atoms with Crippen molar-refractivity contribution in [1.29, 1.82) is 0 Å². The van der Waals surface area contributed by atoms with E-state index in [-0.39, 0.29) is 12.7 Å². The molecule has 0 aliphatic carbocycles. The second-order valence-corrected chi connectivity index (χ2v) is 6.85. The first-order chi connectivity index (χ1) is 13.5. The van der Waals surface area contributed by atoms with E-state index in [1.54, 1.807) is 30.5 Å². The van der Waals surface area contributed by atoms with E-state index in [4.69, 9.17) is 21.1 Å². The molecule has 142 valence electrons. The Bertz CT molecular complexity index is 1090. The number of hydrogen-bond acceptors (Lipinski definition) is 4. The highest BCUT2D eigenvalue weighted by Gasteiger charge is 2.16. The molecule has 4 rings (SSSR count). The maximum atomic E-state index is 12.2. The molecule has 0 radical (unpaired) electrons. The zero-order valence-corrected chi connectivity index (χ0v) is 16.2. The molecule has 6 nitrogen and oxygen atoms in total. The number of halogens is 1. The molecule has 0 unspecified atom stereocenters. The van der Waals surface area contributed by atoms with Crippen LogP contribution < -0.4 is 14.9 Å². The molecule has 1 N–H and O–H groups in total. The maximum Gasteiger partial charge on any atom is 0.271 e. The van der Waals surface area contributed by atoms with Gasteiger partial charge in [0, 0.05) is 39.3 Å². The predicted octanol–water partition coefficient (Wildman–Crippen LogP) is 4.24. The summed E-state index contributed by atoms with van der Waals surface area (Å²) in [5.41, 5.74) is 6.90. The van der Waals surface area contributed by atoms with Crippen LogP contribution in [0.15, 0.2) is 53.6 Å². The van der Waals surface area contributed by atoms with Gasteiger partial charge in [0.05, 0.1) is 6.21 Å². The van der Waals surface area contributed by atoms with E-state index in [0.29, 0.717) is 10.6 Å². The number of carbonyl (C=O) groups excluding carboxylic acids is 1. The normalized spacial score (nSPS) is 12.5. The number of nitrogens with zero attached hydrogens (tertiary/aromatic N) is 2. The summed E-state index contributed by atoms with van der Waals surface area (Å²) in [7, 11) is 0. The van der Waals surface area contributed by atoms with Gasteiger partial charge in [-0.15, -0.1) is 0 Å². The molecular weight excluding hydrogens is 378 g/mol. The first-order valence-corrected chi connectivity index (χ1v) is 9.08. The lowest BCUT2D eigenvalue weighted by atomic mass is 10.2. The van der Waals surface area contributed by atoms with Gasteiger partial charge in [0.25, 0.3) is 5.91 Å². The highest BCUT2D eigenvalue weighted by Crippen LogP contribution is 2.34. The van der Waals surface area contributed by atoms with E-state index in [1.807, 2.05) is 38.1 Å². The number of hydrogen-bond donors (Lipinski definition) is 1. The number of benzene rings is 2. The monoisotopic (exact) mass is 395 g/mol. The van der Waals surface area contributed by atoms with Crippen molar-refractivity contribution in [3.05, 3.63) is 76.1 Å². The number of carbonyl (C=O) groups is 1. The van der Waals surface area contributed by atoms with Crippen molar-refractivity contribution in [2.45, 2.75) is 13.8 Å². The van der Waals surface area contributed by atoms with Gasteiger partial charge in [0.15, 0.2) is 11.5 Å². The Hall–Kier alpha value is -3.25. The zero-order valence-electron chi connectivity index (χ0n) is 15.4. The van der Waals surface area contributed by atoms with E-state index in [1.165, 1.54) is 0 Å². The number of fused-ring (bicyclic) bond motifs is 1. The number of aryl methyl sites for hydroxylation is 1. The number of hydrazone groups is 1. The molecule has 1 aliphatic heterocycles.